The van der Waals surface area contributed by atoms with Crippen LogP contribution in [-0.4, -0.2) is 46.9 Å². The van der Waals surface area contributed by atoms with Crippen LogP contribution in [0.15, 0.2) is 4.99 Å². The second-order valence-corrected chi connectivity index (χ2v) is 5.67. The molecule has 1 rings (SSSR count). The normalized spacial score (nSPS) is 22.8. The van der Waals surface area contributed by atoms with Crippen LogP contribution in [0.5, 0.6) is 0 Å². The van der Waals surface area contributed by atoms with E-state index in [9.17, 15) is 0 Å². The van der Waals surface area contributed by atoms with E-state index in [-0.39, 0.29) is 11.0 Å². The van der Waals surface area contributed by atoms with Crippen molar-refractivity contribution in [1.82, 2.24) is 20.9 Å². The van der Waals surface area contributed by atoms with Crippen LogP contribution >= 0.6 is 11.8 Å². The first-order valence-corrected chi connectivity index (χ1v) is 6.85. The lowest BCUT2D eigenvalue weighted by atomic mass is 10.1. The fraction of sp³-hybridized carbons (Fsp3) is 0.900. The van der Waals surface area contributed by atoms with Crippen molar-refractivity contribution in [3.63, 3.8) is 0 Å². The summed E-state index contributed by atoms with van der Waals surface area (Å²) in [5, 5.41) is 4.14. The van der Waals surface area contributed by atoms with Crippen LogP contribution in [0.4, 0.5) is 0 Å². The smallest absolute Gasteiger partial charge is 0.164 e. The van der Waals surface area contributed by atoms with E-state index in [4.69, 9.17) is 0 Å². The molecule has 5 nitrogen and oxygen atoms in total. The van der Waals surface area contributed by atoms with Crippen molar-refractivity contribution >= 4 is 18.1 Å². The molecule has 2 N–H and O–H groups in total. The number of nitrogens with zero attached hydrogens (tertiary/aromatic N) is 3. The van der Waals surface area contributed by atoms with E-state index in [1.54, 1.807) is 11.8 Å². The van der Waals surface area contributed by atoms with Crippen LogP contribution in [0.25, 0.3) is 0 Å². The lowest BCUT2D eigenvalue weighted by Crippen LogP contribution is -2.59. The van der Waals surface area contributed by atoms with Gasteiger partial charge in [-0.2, -0.15) is 5.01 Å². The molecule has 16 heavy (non-hydrogen) atoms. The largest absolute Gasteiger partial charge is 0.282 e. The summed E-state index contributed by atoms with van der Waals surface area (Å²) < 4.78 is 0. The molecule has 0 radical (unpaired) electrons. The Hall–Kier alpha value is -0.300. The minimum Gasteiger partial charge on any atom is -0.282 e. The molecule has 1 aliphatic rings. The molecule has 1 heterocycles. The van der Waals surface area contributed by atoms with E-state index in [1.165, 1.54) is 0 Å². The molecule has 0 aromatic carbocycles. The van der Waals surface area contributed by atoms with Crippen LogP contribution in [-0.2, 0) is 0 Å². The maximum absolute atomic E-state index is 4.48. The van der Waals surface area contributed by atoms with Gasteiger partial charge in [0, 0.05) is 12.1 Å². The molecule has 1 unspecified atom stereocenters. The highest BCUT2D eigenvalue weighted by molar-refractivity contribution is 7.99. The lowest BCUT2D eigenvalue weighted by molar-refractivity contribution is 0.0622. The molecular formula is C10H23N5S. The van der Waals surface area contributed by atoms with Crippen LogP contribution in [0.2, 0.25) is 0 Å². The third-order valence-corrected chi connectivity index (χ3v) is 2.75. The Balaban J connectivity index is 2.58. The molecule has 0 fully saturated rings. The third-order valence-electron chi connectivity index (χ3n) is 1.96. The zero-order valence-electron chi connectivity index (χ0n) is 10.8. The van der Waals surface area contributed by atoms with E-state index in [0.717, 1.165) is 13.2 Å². The first-order valence-electron chi connectivity index (χ1n) is 5.57. The Labute approximate surface area is 103 Å². The van der Waals surface area contributed by atoms with Gasteiger partial charge in [-0.1, -0.05) is 6.92 Å². The van der Waals surface area contributed by atoms with Gasteiger partial charge in [0.25, 0.3) is 0 Å². The summed E-state index contributed by atoms with van der Waals surface area (Å²) >= 11 is 1.72. The zero-order chi connectivity index (χ0) is 12.2. The first kappa shape index (κ1) is 13.8. The Bertz CT molecular complexity index is 238. The summed E-state index contributed by atoms with van der Waals surface area (Å²) in [6.45, 7) is 10.2. The highest BCUT2D eigenvalue weighted by atomic mass is 32.2. The number of hydrogen-bond acceptors (Lipinski definition) is 6. The summed E-state index contributed by atoms with van der Waals surface area (Å²) in [5.74, 6) is 0. The maximum Gasteiger partial charge on any atom is 0.164 e. The van der Waals surface area contributed by atoms with Crippen molar-refractivity contribution < 1.29 is 0 Å². The number of aliphatic imine (C=N–C) groups is 1. The SMILES string of the molecule is CCNN1CN(NC(C)(C)C)C=NC1SC. The molecule has 0 bridgehead atoms. The topological polar surface area (TPSA) is 42.9 Å². The lowest BCUT2D eigenvalue weighted by Gasteiger charge is -2.39. The molecular weight excluding hydrogens is 222 g/mol. The number of hydrogen-bond donors (Lipinski definition) is 2. The number of thioether (sulfide) groups is 1. The Morgan fingerprint density at radius 1 is 1.50 bits per heavy atom. The standard InChI is InChI=1S/C10H23N5S/c1-6-12-15-8-14(13-10(2,3)4)7-11-9(15)16-5/h7,9,12-13H,6,8H2,1-5H3. The quantitative estimate of drug-likeness (QED) is 0.775. The third kappa shape index (κ3) is 4.29. The van der Waals surface area contributed by atoms with Gasteiger partial charge in [0.2, 0.25) is 0 Å². The van der Waals surface area contributed by atoms with Crippen molar-refractivity contribution in [3.8, 4) is 0 Å². The minimum atomic E-state index is 0.0517. The molecule has 1 aliphatic heterocycles. The van der Waals surface area contributed by atoms with Crippen LogP contribution in [0.3, 0.4) is 0 Å². The van der Waals surface area contributed by atoms with Gasteiger partial charge in [-0.15, -0.1) is 11.8 Å². The van der Waals surface area contributed by atoms with Gasteiger partial charge in [0.15, 0.2) is 5.50 Å². The summed E-state index contributed by atoms with van der Waals surface area (Å²) in [4.78, 5) is 4.48. The Morgan fingerprint density at radius 2 is 2.19 bits per heavy atom. The van der Waals surface area contributed by atoms with Crippen molar-refractivity contribution in [2.24, 2.45) is 4.99 Å². The Kier molecular flexibility index (Phi) is 5.04. The summed E-state index contributed by atoms with van der Waals surface area (Å²) in [6.07, 6.45) is 3.94. The molecule has 0 saturated carbocycles. The van der Waals surface area contributed by atoms with Gasteiger partial charge in [0.1, 0.15) is 13.0 Å². The van der Waals surface area contributed by atoms with Crippen molar-refractivity contribution in [2.75, 3.05) is 19.5 Å². The van der Waals surface area contributed by atoms with Crippen molar-refractivity contribution in [2.45, 2.75) is 38.7 Å². The summed E-state index contributed by atoms with van der Waals surface area (Å²) in [5.41, 5.74) is 6.92. The average molecular weight is 245 g/mol. The fourth-order valence-corrected chi connectivity index (χ4v) is 2.07. The maximum atomic E-state index is 4.48. The van der Waals surface area contributed by atoms with Gasteiger partial charge in [-0.05, 0) is 27.0 Å². The molecule has 0 amide bonds. The Morgan fingerprint density at radius 3 is 2.69 bits per heavy atom. The highest BCUT2D eigenvalue weighted by Gasteiger charge is 2.24. The number of nitrogens with one attached hydrogen (secondary N) is 2. The molecule has 0 saturated heterocycles. The van der Waals surface area contributed by atoms with Gasteiger partial charge in [-0.3, -0.25) is 10.4 Å². The van der Waals surface area contributed by atoms with Crippen LogP contribution < -0.4 is 10.9 Å². The highest BCUT2D eigenvalue weighted by Crippen LogP contribution is 2.15. The van der Waals surface area contributed by atoms with Gasteiger partial charge in [0.05, 0.1) is 0 Å². The molecule has 0 aliphatic carbocycles. The second kappa shape index (κ2) is 5.86. The van der Waals surface area contributed by atoms with Gasteiger partial charge < -0.3 is 0 Å². The first-order chi connectivity index (χ1) is 7.46. The molecule has 0 aromatic rings. The predicted octanol–water partition coefficient (Wildman–Crippen LogP) is 1.06. The monoisotopic (exact) mass is 245 g/mol. The van der Waals surface area contributed by atoms with Gasteiger partial charge >= 0.3 is 0 Å². The van der Waals surface area contributed by atoms with E-state index in [1.807, 2.05) is 11.3 Å². The molecule has 94 valence electrons. The van der Waals surface area contributed by atoms with Gasteiger partial charge in [-0.25, -0.2) is 10.4 Å². The van der Waals surface area contributed by atoms with E-state index < -0.39 is 0 Å². The zero-order valence-corrected chi connectivity index (χ0v) is 11.6. The van der Waals surface area contributed by atoms with Crippen LogP contribution in [0, 0.1) is 0 Å². The molecule has 0 spiro atoms. The van der Waals surface area contributed by atoms with E-state index >= 15 is 0 Å². The average Bonchev–Trinajstić information content (AvgIpc) is 2.16. The summed E-state index contributed by atoms with van der Waals surface area (Å²) in [6, 6.07) is 0. The van der Waals surface area contributed by atoms with Crippen LogP contribution in [0.1, 0.15) is 27.7 Å². The van der Waals surface area contributed by atoms with E-state index in [0.29, 0.717) is 0 Å². The second-order valence-electron chi connectivity index (χ2n) is 4.78. The predicted molar refractivity (Wildman–Crippen MR) is 70.9 cm³/mol. The fourth-order valence-electron chi connectivity index (χ4n) is 1.50. The minimum absolute atomic E-state index is 0.0517. The number of rotatable bonds is 4. The van der Waals surface area contributed by atoms with E-state index in [2.05, 4.69) is 54.8 Å². The molecule has 1 atom stereocenters. The molecule has 6 heteroatoms. The molecule has 0 aromatic heterocycles. The van der Waals surface area contributed by atoms with Crippen molar-refractivity contribution in [3.05, 3.63) is 0 Å². The summed E-state index contributed by atoms with van der Waals surface area (Å²) in [7, 11) is 0. The number of hydrazine groups is 2. The van der Waals surface area contributed by atoms with Crippen molar-refractivity contribution in [1.29, 1.82) is 0 Å².